The molecule has 1 N–H and O–H groups in total. The highest BCUT2D eigenvalue weighted by atomic mass is 32.2. The summed E-state index contributed by atoms with van der Waals surface area (Å²) < 4.78 is 41.4. The Kier molecular flexibility index (Phi) is 8.23. The van der Waals surface area contributed by atoms with E-state index in [2.05, 4.69) is 22.9 Å². The lowest BCUT2D eigenvalue weighted by molar-refractivity contribution is -0.100. The van der Waals surface area contributed by atoms with Crippen molar-refractivity contribution >= 4 is 17.7 Å². The van der Waals surface area contributed by atoms with E-state index in [1.165, 1.54) is 25.0 Å². The zero-order chi connectivity index (χ0) is 15.8. The maximum absolute atomic E-state index is 11.4. The Morgan fingerprint density at radius 3 is 1.95 bits per heavy atom. The van der Waals surface area contributed by atoms with Crippen LogP contribution in [0.15, 0.2) is 29.2 Å². The molecule has 1 atom stereocenters. The van der Waals surface area contributed by atoms with Gasteiger partial charge < -0.3 is 4.89 Å². The molecular weight excluding hydrogens is 303 g/mol. The van der Waals surface area contributed by atoms with E-state index in [1.807, 2.05) is 0 Å². The van der Waals surface area contributed by atoms with Crippen LogP contribution >= 0.6 is 7.60 Å². The summed E-state index contributed by atoms with van der Waals surface area (Å²) >= 11 is 0. The SMILES string of the molecule is CCCC.Cc1ccc(S(=O)(=O)OOP(C)(=O)O)cc1. The molecule has 0 aromatic heterocycles. The minimum absolute atomic E-state index is 0.147. The second kappa shape index (κ2) is 8.54. The van der Waals surface area contributed by atoms with Crippen molar-refractivity contribution in [1.82, 2.24) is 0 Å². The molecule has 20 heavy (non-hydrogen) atoms. The predicted octanol–water partition coefficient (Wildman–Crippen LogP) is 3.25. The Morgan fingerprint density at radius 1 is 1.15 bits per heavy atom. The lowest BCUT2D eigenvalue weighted by atomic mass is 10.2. The summed E-state index contributed by atoms with van der Waals surface area (Å²) in [5.41, 5.74) is 0.878. The maximum Gasteiger partial charge on any atom is 0.354 e. The second-order valence-electron chi connectivity index (χ2n) is 4.21. The first kappa shape index (κ1) is 19.3. The topological polar surface area (TPSA) is 89.9 Å². The number of hydrogen-bond donors (Lipinski definition) is 1. The number of benzene rings is 1. The molecule has 0 aliphatic rings. The molecule has 0 saturated heterocycles. The van der Waals surface area contributed by atoms with E-state index in [0.717, 1.165) is 12.2 Å². The van der Waals surface area contributed by atoms with Gasteiger partial charge in [-0.15, -0.1) is 4.67 Å². The third-order valence-corrected chi connectivity index (χ3v) is 3.62. The van der Waals surface area contributed by atoms with Gasteiger partial charge in [0, 0.05) is 6.66 Å². The van der Waals surface area contributed by atoms with E-state index in [1.54, 1.807) is 19.1 Å². The van der Waals surface area contributed by atoms with Crippen molar-refractivity contribution in [2.24, 2.45) is 0 Å². The highest BCUT2D eigenvalue weighted by molar-refractivity contribution is 7.86. The quantitative estimate of drug-likeness (QED) is 0.508. The van der Waals surface area contributed by atoms with Crippen molar-refractivity contribution < 1.29 is 26.9 Å². The van der Waals surface area contributed by atoms with Crippen molar-refractivity contribution in [3.8, 4) is 0 Å². The smallest absolute Gasteiger partial charge is 0.323 e. The Labute approximate surface area is 120 Å². The van der Waals surface area contributed by atoms with E-state index in [4.69, 9.17) is 4.89 Å². The lowest BCUT2D eigenvalue weighted by Crippen LogP contribution is -2.06. The molecule has 1 unspecified atom stereocenters. The minimum Gasteiger partial charge on any atom is -0.323 e. The van der Waals surface area contributed by atoms with E-state index < -0.39 is 17.7 Å². The molecule has 0 fully saturated rings. The van der Waals surface area contributed by atoms with E-state index in [9.17, 15) is 13.0 Å². The molecule has 0 heterocycles. The van der Waals surface area contributed by atoms with Gasteiger partial charge in [-0.2, -0.15) is 8.42 Å². The van der Waals surface area contributed by atoms with Gasteiger partial charge in [-0.05, 0) is 19.1 Å². The Hall–Kier alpha value is -0.720. The fourth-order valence-electron chi connectivity index (χ4n) is 0.841. The molecule has 1 aromatic rings. The zero-order valence-corrected chi connectivity index (χ0v) is 13.8. The number of aryl methyl sites for hydroxylation is 1. The van der Waals surface area contributed by atoms with Crippen LogP contribution in [0.5, 0.6) is 0 Å². The highest BCUT2D eigenvalue weighted by Crippen LogP contribution is 2.37. The number of rotatable bonds is 5. The molecule has 116 valence electrons. The third kappa shape index (κ3) is 8.45. The number of hydrogen-bond acceptors (Lipinski definition) is 5. The first-order valence-corrected chi connectivity index (χ1v) is 9.55. The Bertz CT molecular complexity index is 530. The summed E-state index contributed by atoms with van der Waals surface area (Å²) in [5.74, 6) is 0. The standard InChI is InChI=1S/C8H11O6PS.C4H10/c1-7-3-5-8(6-4-7)16(11,12)14-13-15(2,9)10;1-3-4-2/h3-6H,1-2H3,(H,9,10);3-4H2,1-2H3. The number of unbranched alkanes of at least 4 members (excludes halogenated alkanes) is 1. The van der Waals surface area contributed by atoms with Crippen LogP contribution in [0.3, 0.4) is 0 Å². The molecule has 0 amide bonds. The van der Waals surface area contributed by atoms with E-state index >= 15 is 0 Å². The first-order valence-electron chi connectivity index (χ1n) is 6.12. The summed E-state index contributed by atoms with van der Waals surface area (Å²) in [7, 11) is -8.16. The van der Waals surface area contributed by atoms with Crippen LogP contribution in [0.1, 0.15) is 32.3 Å². The van der Waals surface area contributed by atoms with Gasteiger partial charge in [-0.1, -0.05) is 48.7 Å². The summed E-state index contributed by atoms with van der Waals surface area (Å²) in [6.07, 6.45) is 2.64. The average Bonchev–Trinajstić information content (AvgIpc) is 2.37. The van der Waals surface area contributed by atoms with Gasteiger partial charge in [0.1, 0.15) is 0 Å². The molecule has 0 aliphatic heterocycles. The van der Waals surface area contributed by atoms with E-state index in [-0.39, 0.29) is 4.90 Å². The molecular formula is C12H21O6PS. The molecule has 6 nitrogen and oxygen atoms in total. The molecule has 0 radical (unpaired) electrons. The summed E-state index contributed by atoms with van der Waals surface area (Å²) in [6, 6.07) is 5.76. The largest absolute Gasteiger partial charge is 0.354 e. The van der Waals surface area contributed by atoms with Gasteiger partial charge in [0.15, 0.2) is 0 Å². The highest BCUT2D eigenvalue weighted by Gasteiger charge is 2.21. The Balaban J connectivity index is 0.000000796. The Morgan fingerprint density at radius 2 is 1.60 bits per heavy atom. The van der Waals surface area contributed by atoms with Gasteiger partial charge in [-0.25, -0.2) is 0 Å². The van der Waals surface area contributed by atoms with Crippen molar-refractivity contribution in [1.29, 1.82) is 0 Å². The zero-order valence-electron chi connectivity index (χ0n) is 12.1. The van der Waals surface area contributed by atoms with Crippen LogP contribution in [0.25, 0.3) is 0 Å². The molecule has 0 spiro atoms. The molecule has 0 saturated carbocycles. The second-order valence-corrected chi connectivity index (χ2v) is 7.48. The van der Waals surface area contributed by atoms with Crippen molar-refractivity contribution in [3.05, 3.63) is 29.8 Å². The normalized spacial score (nSPS) is 14.1. The molecule has 1 aromatic carbocycles. The lowest BCUT2D eigenvalue weighted by Gasteiger charge is -2.06. The van der Waals surface area contributed by atoms with E-state index in [0.29, 0.717) is 0 Å². The van der Waals surface area contributed by atoms with Crippen LogP contribution in [0, 0.1) is 6.92 Å². The van der Waals surface area contributed by atoms with Crippen molar-refractivity contribution in [3.63, 3.8) is 0 Å². The van der Waals surface area contributed by atoms with Crippen LogP contribution < -0.4 is 0 Å². The minimum atomic E-state index is -4.16. The van der Waals surface area contributed by atoms with Gasteiger partial charge in [0.2, 0.25) is 0 Å². The fourth-order valence-corrected chi connectivity index (χ4v) is 2.16. The van der Waals surface area contributed by atoms with Crippen molar-refractivity contribution in [2.45, 2.75) is 38.5 Å². The van der Waals surface area contributed by atoms with Gasteiger partial charge in [0.25, 0.3) is 0 Å². The predicted molar refractivity (Wildman–Crippen MR) is 76.9 cm³/mol. The van der Waals surface area contributed by atoms with Gasteiger partial charge in [-0.3, -0.25) is 4.57 Å². The summed E-state index contributed by atoms with van der Waals surface area (Å²) in [6.45, 7) is 6.97. The van der Waals surface area contributed by atoms with Gasteiger partial charge in [0.05, 0.1) is 4.90 Å². The monoisotopic (exact) mass is 324 g/mol. The van der Waals surface area contributed by atoms with Gasteiger partial charge >= 0.3 is 17.7 Å². The van der Waals surface area contributed by atoms with Crippen LogP contribution in [-0.2, 0) is 23.7 Å². The van der Waals surface area contributed by atoms with Crippen LogP contribution in [-0.4, -0.2) is 20.0 Å². The molecule has 1 rings (SSSR count). The average molecular weight is 324 g/mol. The van der Waals surface area contributed by atoms with Crippen LogP contribution in [0.4, 0.5) is 0 Å². The summed E-state index contributed by atoms with van der Waals surface area (Å²) in [5, 5.41) is 0. The molecule has 0 aliphatic carbocycles. The molecule has 8 heteroatoms. The molecule has 0 bridgehead atoms. The summed E-state index contributed by atoms with van der Waals surface area (Å²) in [4.78, 5) is 8.57. The fraction of sp³-hybridized carbons (Fsp3) is 0.500. The van der Waals surface area contributed by atoms with Crippen molar-refractivity contribution in [2.75, 3.05) is 6.66 Å². The first-order chi connectivity index (χ1) is 9.12. The van der Waals surface area contributed by atoms with Crippen LogP contribution in [0.2, 0.25) is 0 Å². The third-order valence-electron chi connectivity index (χ3n) is 2.07. The maximum atomic E-state index is 11.4.